The van der Waals surface area contributed by atoms with Crippen molar-refractivity contribution in [3.63, 3.8) is 0 Å². The lowest BCUT2D eigenvalue weighted by atomic mass is 10.1. The Morgan fingerprint density at radius 2 is 1.27 bits per heavy atom. The molecule has 0 fully saturated rings. The molecular weight excluding hydrogens is 184 g/mol. The van der Waals surface area contributed by atoms with Crippen LogP contribution < -0.4 is 0 Å². The van der Waals surface area contributed by atoms with Gasteiger partial charge in [0.25, 0.3) is 0 Å². The molecule has 0 atom stereocenters. The van der Waals surface area contributed by atoms with E-state index in [1.807, 2.05) is 6.08 Å². The Labute approximate surface area is 95.6 Å². The average molecular weight is 211 g/mol. The zero-order valence-corrected chi connectivity index (χ0v) is 10.3. The van der Waals surface area contributed by atoms with Crippen LogP contribution in [-0.2, 0) is 5.11 Å². The van der Waals surface area contributed by atoms with Gasteiger partial charge in [-0.2, -0.15) is 0 Å². The summed E-state index contributed by atoms with van der Waals surface area (Å²) in [5.74, 6) is 0. The first-order chi connectivity index (χ1) is 7.41. The minimum atomic E-state index is -0.0581. The third-order valence-corrected chi connectivity index (χ3v) is 2.74. The molecule has 15 heavy (non-hydrogen) atoms. The van der Waals surface area contributed by atoms with Crippen LogP contribution in [0.3, 0.4) is 0 Å². The molecule has 0 N–H and O–H groups in total. The van der Waals surface area contributed by atoms with Gasteiger partial charge in [0.2, 0.25) is 0 Å². The van der Waals surface area contributed by atoms with E-state index in [2.05, 4.69) is 6.92 Å². The van der Waals surface area contributed by atoms with Crippen molar-refractivity contribution in [1.82, 2.24) is 0 Å². The van der Waals surface area contributed by atoms with Crippen LogP contribution in [0.1, 0.15) is 71.1 Å². The molecule has 0 aromatic heterocycles. The maximum atomic E-state index is 10.1. The quantitative estimate of drug-likeness (QED) is 0.342. The molecule has 89 valence electrons. The summed E-state index contributed by atoms with van der Waals surface area (Å²) in [7, 11) is 0. The molecule has 0 aromatic carbocycles. The predicted octanol–water partition coefficient (Wildman–Crippen LogP) is 4.89. The Kier molecular flexibility index (Phi) is 13.4. The van der Waals surface area contributed by atoms with E-state index in [9.17, 15) is 5.11 Å². The standard InChI is InChI=1S/C14H27O/c1-2-3-4-5-6-7-8-9-10-11-12-13-14-15/h12-13H,2-11,14H2,1H3/b13-12+. The fraction of sp³-hybridized carbons (Fsp3) is 0.857. The highest BCUT2D eigenvalue weighted by Gasteiger charge is 1.90. The van der Waals surface area contributed by atoms with E-state index in [4.69, 9.17) is 0 Å². The number of allylic oxidation sites excluding steroid dienone is 1. The van der Waals surface area contributed by atoms with Gasteiger partial charge in [0.1, 0.15) is 6.61 Å². The van der Waals surface area contributed by atoms with Crippen molar-refractivity contribution in [3.05, 3.63) is 12.2 Å². The van der Waals surface area contributed by atoms with Crippen LogP contribution in [0.5, 0.6) is 0 Å². The topological polar surface area (TPSA) is 19.9 Å². The van der Waals surface area contributed by atoms with E-state index in [1.54, 1.807) is 6.08 Å². The minimum Gasteiger partial charge on any atom is -0.232 e. The Balaban J connectivity index is 2.89. The molecule has 0 amide bonds. The molecule has 0 aliphatic carbocycles. The summed E-state index contributed by atoms with van der Waals surface area (Å²) < 4.78 is 0. The zero-order chi connectivity index (χ0) is 11.2. The smallest absolute Gasteiger partial charge is 0.100 e. The predicted molar refractivity (Wildman–Crippen MR) is 66.5 cm³/mol. The zero-order valence-electron chi connectivity index (χ0n) is 10.3. The van der Waals surface area contributed by atoms with Crippen molar-refractivity contribution in [1.29, 1.82) is 0 Å². The Hall–Kier alpha value is -0.300. The first-order valence-corrected chi connectivity index (χ1v) is 6.65. The van der Waals surface area contributed by atoms with Gasteiger partial charge in [0.15, 0.2) is 0 Å². The van der Waals surface area contributed by atoms with Crippen LogP contribution in [0.2, 0.25) is 0 Å². The fourth-order valence-electron chi connectivity index (χ4n) is 1.76. The molecule has 1 nitrogen and oxygen atoms in total. The van der Waals surface area contributed by atoms with Gasteiger partial charge in [-0.1, -0.05) is 70.4 Å². The molecule has 0 bridgehead atoms. The first-order valence-electron chi connectivity index (χ1n) is 6.65. The summed E-state index contributed by atoms with van der Waals surface area (Å²) in [6.07, 6.45) is 17.2. The second-order valence-corrected chi connectivity index (χ2v) is 4.26. The lowest BCUT2D eigenvalue weighted by Crippen LogP contribution is -1.80. The van der Waals surface area contributed by atoms with Crippen molar-refractivity contribution in [2.24, 2.45) is 0 Å². The van der Waals surface area contributed by atoms with E-state index in [-0.39, 0.29) is 6.61 Å². The molecule has 0 aromatic rings. The first kappa shape index (κ1) is 14.7. The van der Waals surface area contributed by atoms with E-state index in [1.165, 1.54) is 57.8 Å². The minimum absolute atomic E-state index is 0.0581. The van der Waals surface area contributed by atoms with Crippen LogP contribution in [0.15, 0.2) is 12.2 Å². The van der Waals surface area contributed by atoms with E-state index in [0.717, 1.165) is 6.42 Å². The van der Waals surface area contributed by atoms with Gasteiger partial charge in [0, 0.05) is 0 Å². The summed E-state index contributed by atoms with van der Waals surface area (Å²) in [6.45, 7) is 2.20. The van der Waals surface area contributed by atoms with Crippen molar-refractivity contribution in [2.75, 3.05) is 6.61 Å². The fourth-order valence-corrected chi connectivity index (χ4v) is 1.76. The van der Waals surface area contributed by atoms with Crippen LogP contribution in [-0.4, -0.2) is 6.61 Å². The second-order valence-electron chi connectivity index (χ2n) is 4.26. The molecule has 0 unspecified atom stereocenters. The number of hydrogen-bond acceptors (Lipinski definition) is 0. The van der Waals surface area contributed by atoms with Crippen LogP contribution >= 0.6 is 0 Å². The number of hydrogen-bond donors (Lipinski definition) is 0. The molecule has 0 saturated heterocycles. The van der Waals surface area contributed by atoms with Gasteiger partial charge in [-0.3, -0.25) is 0 Å². The molecule has 1 heteroatoms. The van der Waals surface area contributed by atoms with Crippen molar-refractivity contribution < 1.29 is 5.11 Å². The normalized spacial score (nSPS) is 11.3. The molecule has 0 heterocycles. The third kappa shape index (κ3) is 13.7. The highest BCUT2D eigenvalue weighted by Crippen LogP contribution is 2.10. The molecule has 0 rings (SSSR count). The summed E-state index contributed by atoms with van der Waals surface area (Å²) in [5, 5.41) is 10.1. The molecule has 1 radical (unpaired) electrons. The molecule has 0 aliphatic rings. The number of unbranched alkanes of at least 4 members (excludes halogenated alkanes) is 9. The van der Waals surface area contributed by atoms with Gasteiger partial charge < -0.3 is 0 Å². The highest BCUT2D eigenvalue weighted by atomic mass is 16.2. The Morgan fingerprint density at radius 3 is 1.80 bits per heavy atom. The maximum absolute atomic E-state index is 10.1. The summed E-state index contributed by atoms with van der Waals surface area (Å²) in [4.78, 5) is 0. The Morgan fingerprint density at radius 1 is 0.733 bits per heavy atom. The summed E-state index contributed by atoms with van der Waals surface area (Å²) >= 11 is 0. The maximum Gasteiger partial charge on any atom is 0.100 e. The lowest BCUT2D eigenvalue weighted by Gasteiger charge is -2.00. The van der Waals surface area contributed by atoms with Crippen molar-refractivity contribution in [2.45, 2.75) is 71.1 Å². The molecular formula is C14H27O. The van der Waals surface area contributed by atoms with Crippen molar-refractivity contribution in [3.8, 4) is 0 Å². The van der Waals surface area contributed by atoms with Crippen LogP contribution in [0, 0.1) is 0 Å². The largest absolute Gasteiger partial charge is 0.232 e. The van der Waals surface area contributed by atoms with Gasteiger partial charge in [-0.15, -0.1) is 0 Å². The second kappa shape index (κ2) is 13.7. The SMILES string of the molecule is CCCCCCCCCCC/C=C/C[O]. The van der Waals surface area contributed by atoms with Gasteiger partial charge in [-0.05, 0) is 12.8 Å². The van der Waals surface area contributed by atoms with E-state index < -0.39 is 0 Å². The monoisotopic (exact) mass is 211 g/mol. The molecule has 0 spiro atoms. The average Bonchev–Trinajstić information content (AvgIpc) is 2.26. The lowest BCUT2D eigenvalue weighted by molar-refractivity contribution is 0.232. The summed E-state index contributed by atoms with van der Waals surface area (Å²) in [6, 6.07) is 0. The number of rotatable bonds is 11. The van der Waals surface area contributed by atoms with E-state index in [0.29, 0.717) is 0 Å². The Bertz CT molecular complexity index is 129. The third-order valence-electron chi connectivity index (χ3n) is 2.74. The molecule has 0 saturated carbocycles. The van der Waals surface area contributed by atoms with Gasteiger partial charge in [0.05, 0.1) is 0 Å². The van der Waals surface area contributed by atoms with Gasteiger partial charge >= 0.3 is 0 Å². The highest BCUT2D eigenvalue weighted by molar-refractivity contribution is 4.80. The molecule has 0 aliphatic heterocycles. The summed E-state index contributed by atoms with van der Waals surface area (Å²) in [5.41, 5.74) is 0. The van der Waals surface area contributed by atoms with Crippen LogP contribution in [0.4, 0.5) is 0 Å². The van der Waals surface area contributed by atoms with Crippen LogP contribution in [0.25, 0.3) is 0 Å². The van der Waals surface area contributed by atoms with Gasteiger partial charge in [-0.25, -0.2) is 5.11 Å². The van der Waals surface area contributed by atoms with Crippen molar-refractivity contribution >= 4 is 0 Å². The van der Waals surface area contributed by atoms with E-state index >= 15 is 0 Å².